The summed E-state index contributed by atoms with van der Waals surface area (Å²) in [6.07, 6.45) is 1.94. The molecule has 8 nitrogen and oxygen atoms in total. The summed E-state index contributed by atoms with van der Waals surface area (Å²) in [5, 5.41) is 14.0. The molecule has 2 aromatic carbocycles. The van der Waals surface area contributed by atoms with E-state index in [1.54, 1.807) is 17.0 Å². The van der Waals surface area contributed by atoms with E-state index in [4.69, 9.17) is 0 Å². The van der Waals surface area contributed by atoms with Crippen LogP contribution in [0, 0.1) is 5.92 Å². The van der Waals surface area contributed by atoms with Gasteiger partial charge >= 0.3 is 0 Å². The summed E-state index contributed by atoms with van der Waals surface area (Å²) < 4.78 is 0. The van der Waals surface area contributed by atoms with Gasteiger partial charge in [0.1, 0.15) is 0 Å². The lowest BCUT2D eigenvalue weighted by molar-refractivity contribution is -0.122. The number of nitrogens with one attached hydrogen (secondary N) is 2. The second kappa shape index (κ2) is 11.0. The molecule has 0 saturated carbocycles. The molecule has 3 aromatic rings. The number of nitrogens with zero attached hydrogens (tertiary/aromatic N) is 3. The van der Waals surface area contributed by atoms with Gasteiger partial charge in [0.25, 0.3) is 11.8 Å². The van der Waals surface area contributed by atoms with Crippen LogP contribution < -0.4 is 10.6 Å². The summed E-state index contributed by atoms with van der Waals surface area (Å²) in [6.45, 7) is 3.08. The molecule has 176 valence electrons. The molecule has 1 atom stereocenters. The fourth-order valence-electron chi connectivity index (χ4n) is 3.97. The predicted octanol–water partition coefficient (Wildman–Crippen LogP) is 3.91. The van der Waals surface area contributed by atoms with Gasteiger partial charge in [-0.05, 0) is 43.4 Å². The standard InChI is InChI=1S/C25H27N5O3S/c1-17(19-8-4-2-5-9-19)26-21(31)16-18-12-14-30(15-13-18)25(33)24-29-28-23(34-24)22(32)27-20-10-6-3-7-11-20/h2-11,17-18H,12-16H2,1H3,(H,26,31)(H,27,32)/t17-/m1/s1. The molecule has 1 aromatic heterocycles. The van der Waals surface area contributed by atoms with Crippen molar-refractivity contribution < 1.29 is 14.4 Å². The summed E-state index contributed by atoms with van der Waals surface area (Å²) in [7, 11) is 0. The lowest BCUT2D eigenvalue weighted by Crippen LogP contribution is -2.39. The highest BCUT2D eigenvalue weighted by Gasteiger charge is 2.28. The highest BCUT2D eigenvalue weighted by atomic mass is 32.1. The van der Waals surface area contributed by atoms with E-state index >= 15 is 0 Å². The van der Waals surface area contributed by atoms with E-state index in [1.807, 2.05) is 55.5 Å². The summed E-state index contributed by atoms with van der Waals surface area (Å²) >= 11 is 0.989. The fourth-order valence-corrected chi connectivity index (χ4v) is 4.68. The Bertz CT molecular complexity index is 1130. The Morgan fingerprint density at radius 3 is 2.26 bits per heavy atom. The molecule has 1 fully saturated rings. The summed E-state index contributed by atoms with van der Waals surface area (Å²) in [5.74, 6) is -0.359. The molecule has 0 bridgehead atoms. The molecule has 2 heterocycles. The van der Waals surface area contributed by atoms with E-state index in [1.165, 1.54) is 0 Å². The van der Waals surface area contributed by atoms with Crippen molar-refractivity contribution in [3.63, 3.8) is 0 Å². The minimum atomic E-state index is -0.391. The van der Waals surface area contributed by atoms with Crippen LogP contribution in [-0.4, -0.2) is 45.9 Å². The number of amides is 3. The van der Waals surface area contributed by atoms with Crippen LogP contribution in [0.2, 0.25) is 0 Å². The molecule has 34 heavy (non-hydrogen) atoms. The lowest BCUT2D eigenvalue weighted by Gasteiger charge is -2.31. The largest absolute Gasteiger partial charge is 0.350 e. The molecule has 1 saturated heterocycles. The number of piperidine rings is 1. The Morgan fingerprint density at radius 1 is 0.971 bits per heavy atom. The molecule has 0 spiro atoms. The first kappa shape index (κ1) is 23.6. The first-order chi connectivity index (χ1) is 16.5. The van der Waals surface area contributed by atoms with Gasteiger partial charge in [0.05, 0.1) is 6.04 Å². The minimum Gasteiger partial charge on any atom is -0.350 e. The van der Waals surface area contributed by atoms with Crippen LogP contribution in [0.1, 0.15) is 57.4 Å². The Kier molecular flexibility index (Phi) is 7.64. The smallest absolute Gasteiger partial charge is 0.286 e. The van der Waals surface area contributed by atoms with E-state index in [-0.39, 0.29) is 33.8 Å². The maximum atomic E-state index is 12.8. The van der Waals surface area contributed by atoms with Gasteiger partial charge in [0.2, 0.25) is 15.9 Å². The van der Waals surface area contributed by atoms with Gasteiger partial charge in [-0.1, -0.05) is 59.9 Å². The number of benzene rings is 2. The number of carbonyl (C=O) groups excluding carboxylic acids is 3. The van der Waals surface area contributed by atoms with Crippen molar-refractivity contribution in [1.82, 2.24) is 20.4 Å². The molecule has 0 unspecified atom stereocenters. The van der Waals surface area contributed by atoms with Crippen LogP contribution in [0.25, 0.3) is 0 Å². The zero-order valence-electron chi connectivity index (χ0n) is 18.9. The van der Waals surface area contributed by atoms with Crippen LogP contribution in [0.3, 0.4) is 0 Å². The molecular weight excluding hydrogens is 450 g/mol. The average molecular weight is 478 g/mol. The van der Waals surface area contributed by atoms with E-state index in [2.05, 4.69) is 20.8 Å². The van der Waals surface area contributed by atoms with Gasteiger partial charge < -0.3 is 15.5 Å². The fraction of sp³-hybridized carbons (Fsp3) is 0.320. The molecule has 1 aliphatic rings. The molecule has 9 heteroatoms. The SMILES string of the molecule is C[C@@H](NC(=O)CC1CCN(C(=O)c2nnc(C(=O)Nc3ccccc3)s2)CC1)c1ccccc1. The van der Waals surface area contributed by atoms with Crippen molar-refractivity contribution >= 4 is 34.7 Å². The quantitative estimate of drug-likeness (QED) is 0.537. The first-order valence-electron chi connectivity index (χ1n) is 11.3. The normalized spacial score (nSPS) is 14.9. The van der Waals surface area contributed by atoms with Crippen molar-refractivity contribution in [1.29, 1.82) is 0 Å². The Balaban J connectivity index is 1.24. The second-order valence-electron chi connectivity index (χ2n) is 8.37. The van der Waals surface area contributed by atoms with Crippen molar-refractivity contribution in [2.24, 2.45) is 5.92 Å². The van der Waals surface area contributed by atoms with Gasteiger partial charge in [-0.15, -0.1) is 10.2 Å². The predicted molar refractivity (Wildman–Crippen MR) is 131 cm³/mol. The lowest BCUT2D eigenvalue weighted by atomic mass is 9.93. The molecule has 3 amide bonds. The van der Waals surface area contributed by atoms with Crippen molar-refractivity contribution in [3.05, 3.63) is 76.2 Å². The third kappa shape index (κ3) is 6.05. The third-order valence-electron chi connectivity index (χ3n) is 5.89. The van der Waals surface area contributed by atoms with Crippen molar-refractivity contribution in [2.45, 2.75) is 32.2 Å². The summed E-state index contributed by atoms with van der Waals surface area (Å²) in [4.78, 5) is 39.4. The monoisotopic (exact) mass is 477 g/mol. The summed E-state index contributed by atoms with van der Waals surface area (Å²) in [5.41, 5.74) is 1.73. The number of para-hydroxylation sites is 1. The number of carbonyl (C=O) groups is 3. The second-order valence-corrected chi connectivity index (χ2v) is 9.35. The highest BCUT2D eigenvalue weighted by Crippen LogP contribution is 2.24. The number of anilines is 1. The maximum absolute atomic E-state index is 12.8. The number of rotatable bonds is 7. The maximum Gasteiger partial charge on any atom is 0.286 e. The Labute approximate surface area is 202 Å². The topological polar surface area (TPSA) is 104 Å². The number of hydrogen-bond acceptors (Lipinski definition) is 6. The zero-order valence-corrected chi connectivity index (χ0v) is 19.8. The zero-order chi connectivity index (χ0) is 23.9. The van der Waals surface area contributed by atoms with Crippen LogP contribution in [0.5, 0.6) is 0 Å². The van der Waals surface area contributed by atoms with Gasteiger partial charge in [0, 0.05) is 25.2 Å². The van der Waals surface area contributed by atoms with Gasteiger partial charge in [-0.25, -0.2) is 0 Å². The van der Waals surface area contributed by atoms with Crippen molar-refractivity contribution in [3.8, 4) is 0 Å². The Morgan fingerprint density at radius 2 is 1.59 bits per heavy atom. The average Bonchev–Trinajstić information content (AvgIpc) is 3.36. The number of aromatic nitrogens is 2. The molecule has 0 aliphatic carbocycles. The molecular formula is C25H27N5O3S. The van der Waals surface area contributed by atoms with Gasteiger partial charge in [0.15, 0.2) is 0 Å². The first-order valence-corrected chi connectivity index (χ1v) is 12.1. The van der Waals surface area contributed by atoms with Crippen LogP contribution in [-0.2, 0) is 4.79 Å². The van der Waals surface area contributed by atoms with Gasteiger partial charge in [-0.3, -0.25) is 14.4 Å². The van der Waals surface area contributed by atoms with E-state index in [0.717, 1.165) is 29.7 Å². The minimum absolute atomic E-state index is 0.0272. The number of hydrogen-bond donors (Lipinski definition) is 2. The highest BCUT2D eigenvalue weighted by molar-refractivity contribution is 7.15. The third-order valence-corrected chi connectivity index (χ3v) is 6.80. The van der Waals surface area contributed by atoms with E-state index < -0.39 is 5.91 Å². The Hall–Kier alpha value is -3.59. The van der Waals surface area contributed by atoms with Crippen LogP contribution in [0.4, 0.5) is 5.69 Å². The van der Waals surface area contributed by atoms with E-state index in [9.17, 15) is 14.4 Å². The van der Waals surface area contributed by atoms with E-state index in [0.29, 0.717) is 25.2 Å². The van der Waals surface area contributed by atoms with Crippen LogP contribution in [0.15, 0.2) is 60.7 Å². The van der Waals surface area contributed by atoms with Gasteiger partial charge in [-0.2, -0.15) is 0 Å². The molecule has 0 radical (unpaired) electrons. The van der Waals surface area contributed by atoms with Crippen molar-refractivity contribution in [2.75, 3.05) is 18.4 Å². The molecule has 1 aliphatic heterocycles. The number of likely N-dealkylation sites (tertiary alicyclic amines) is 1. The molecule has 2 N–H and O–H groups in total. The summed E-state index contributed by atoms with van der Waals surface area (Å²) in [6, 6.07) is 18.9. The van der Waals surface area contributed by atoms with Crippen LogP contribution >= 0.6 is 11.3 Å². The molecule has 4 rings (SSSR count).